The van der Waals surface area contributed by atoms with Gasteiger partial charge in [-0.15, -0.1) is 11.3 Å². The molecule has 0 saturated heterocycles. The van der Waals surface area contributed by atoms with Crippen LogP contribution in [0.3, 0.4) is 0 Å². The van der Waals surface area contributed by atoms with Crippen molar-refractivity contribution in [1.29, 1.82) is 0 Å². The van der Waals surface area contributed by atoms with Crippen LogP contribution in [0.1, 0.15) is 11.9 Å². The number of carbonyl (C=O) groups is 1. The number of hydrogen-bond donors (Lipinski definition) is 1. The third-order valence-corrected chi connectivity index (χ3v) is 4.15. The Morgan fingerprint density at radius 1 is 1.48 bits per heavy atom. The summed E-state index contributed by atoms with van der Waals surface area (Å²) in [4.78, 5) is 27.3. The fourth-order valence-corrected chi connectivity index (χ4v) is 2.89. The number of benzene rings is 1. The molecule has 1 amide bonds. The number of rotatable bonds is 4. The maximum atomic E-state index is 11.5. The van der Waals surface area contributed by atoms with Crippen LogP contribution < -0.4 is 11.1 Å². The fourth-order valence-electron chi connectivity index (χ4n) is 2.15. The fraction of sp³-hybridized carbons (Fsp3) is 0.267. The second-order valence-electron chi connectivity index (χ2n) is 4.81. The van der Waals surface area contributed by atoms with E-state index in [4.69, 9.17) is 9.15 Å². The molecular formula is C15H15N3O4S. The van der Waals surface area contributed by atoms with Gasteiger partial charge in [0.15, 0.2) is 5.58 Å². The van der Waals surface area contributed by atoms with Crippen LogP contribution in [0, 0.1) is 0 Å². The van der Waals surface area contributed by atoms with Crippen molar-refractivity contribution >= 4 is 28.5 Å². The summed E-state index contributed by atoms with van der Waals surface area (Å²) >= 11 is 1.44. The van der Waals surface area contributed by atoms with E-state index >= 15 is 0 Å². The molecule has 3 rings (SSSR count). The normalized spacial score (nSPS) is 10.9. The Bertz CT molecular complexity index is 909. The molecule has 1 aromatic carbocycles. The van der Waals surface area contributed by atoms with Crippen LogP contribution in [0.2, 0.25) is 0 Å². The first-order valence-corrected chi connectivity index (χ1v) is 7.91. The number of aryl methyl sites for hydroxylation is 1. The lowest BCUT2D eigenvalue weighted by Gasteiger charge is -2.02. The van der Waals surface area contributed by atoms with Crippen molar-refractivity contribution in [1.82, 2.24) is 14.9 Å². The summed E-state index contributed by atoms with van der Waals surface area (Å²) < 4.78 is 11.4. The Balaban J connectivity index is 1.80. The Labute approximate surface area is 135 Å². The zero-order valence-electron chi connectivity index (χ0n) is 12.7. The number of aromatic nitrogens is 2. The largest absolute Gasteiger partial charge is 0.450 e. The molecule has 2 heterocycles. The first kappa shape index (κ1) is 15.3. The smallest absolute Gasteiger partial charge is 0.419 e. The summed E-state index contributed by atoms with van der Waals surface area (Å²) in [5, 5.41) is 5.29. The third kappa shape index (κ3) is 3.11. The highest BCUT2D eigenvalue weighted by molar-refractivity contribution is 7.09. The summed E-state index contributed by atoms with van der Waals surface area (Å²) in [6.07, 6.45) is -0.461. The molecule has 0 aliphatic rings. The SMILES string of the molecule is CCOC(=O)NCc1nc(-c2ccc3c(c2)oc(=O)n3C)cs1. The number of thiazole rings is 1. The molecule has 0 aliphatic heterocycles. The third-order valence-electron chi connectivity index (χ3n) is 3.30. The average Bonchev–Trinajstić information content (AvgIpc) is 3.11. The van der Waals surface area contributed by atoms with Crippen LogP contribution in [0.5, 0.6) is 0 Å². The molecule has 8 heteroatoms. The molecule has 2 aromatic heterocycles. The monoisotopic (exact) mass is 333 g/mol. The number of ether oxygens (including phenoxy) is 1. The second-order valence-corrected chi connectivity index (χ2v) is 5.75. The van der Waals surface area contributed by atoms with Gasteiger partial charge in [0.2, 0.25) is 0 Å². The van der Waals surface area contributed by atoms with Gasteiger partial charge in [-0.3, -0.25) is 4.57 Å². The quantitative estimate of drug-likeness (QED) is 0.793. The lowest BCUT2D eigenvalue weighted by Crippen LogP contribution is -2.23. The van der Waals surface area contributed by atoms with Crippen molar-refractivity contribution in [2.24, 2.45) is 7.05 Å². The van der Waals surface area contributed by atoms with Crippen LogP contribution in [0.25, 0.3) is 22.4 Å². The van der Waals surface area contributed by atoms with E-state index in [9.17, 15) is 9.59 Å². The Kier molecular flexibility index (Phi) is 4.16. The van der Waals surface area contributed by atoms with Crippen LogP contribution in [0.15, 0.2) is 32.8 Å². The van der Waals surface area contributed by atoms with Crippen molar-refractivity contribution < 1.29 is 13.9 Å². The molecule has 0 fully saturated rings. The van der Waals surface area contributed by atoms with E-state index in [0.29, 0.717) is 18.7 Å². The van der Waals surface area contributed by atoms with Crippen LogP contribution >= 0.6 is 11.3 Å². The Morgan fingerprint density at radius 2 is 2.30 bits per heavy atom. The van der Waals surface area contributed by atoms with Crippen LogP contribution in [-0.4, -0.2) is 22.3 Å². The van der Waals surface area contributed by atoms with E-state index < -0.39 is 11.8 Å². The van der Waals surface area contributed by atoms with Gasteiger partial charge in [0, 0.05) is 18.0 Å². The average molecular weight is 333 g/mol. The number of alkyl carbamates (subject to hydrolysis) is 1. The molecule has 0 aliphatic carbocycles. The van der Waals surface area contributed by atoms with E-state index in [0.717, 1.165) is 21.8 Å². The molecule has 0 saturated carbocycles. The number of carbonyl (C=O) groups excluding carboxylic acids is 1. The van der Waals surface area contributed by atoms with Crippen molar-refractivity contribution in [3.8, 4) is 11.3 Å². The topological polar surface area (TPSA) is 86.4 Å². The maximum absolute atomic E-state index is 11.5. The second kappa shape index (κ2) is 6.25. The number of amides is 1. The van der Waals surface area contributed by atoms with E-state index in [1.807, 2.05) is 17.5 Å². The number of hydrogen-bond acceptors (Lipinski definition) is 6. The summed E-state index contributed by atoms with van der Waals surface area (Å²) in [6.45, 7) is 2.39. The molecule has 7 nitrogen and oxygen atoms in total. The van der Waals surface area contributed by atoms with Gasteiger partial charge < -0.3 is 14.5 Å². The lowest BCUT2D eigenvalue weighted by molar-refractivity contribution is 0.151. The minimum Gasteiger partial charge on any atom is -0.450 e. The Hall–Kier alpha value is -2.61. The summed E-state index contributed by atoms with van der Waals surface area (Å²) in [6, 6.07) is 5.49. The molecule has 23 heavy (non-hydrogen) atoms. The molecule has 1 N–H and O–H groups in total. The predicted molar refractivity (Wildman–Crippen MR) is 86.4 cm³/mol. The van der Waals surface area contributed by atoms with Crippen molar-refractivity contribution in [2.45, 2.75) is 13.5 Å². The zero-order valence-corrected chi connectivity index (χ0v) is 13.5. The standard InChI is InChI=1S/C15H15N3O4S/c1-3-21-14(19)16-7-13-17-10(8-23-13)9-4-5-11-12(6-9)22-15(20)18(11)2/h4-6,8H,3,7H2,1-2H3,(H,16,19). The van der Waals surface area contributed by atoms with E-state index in [-0.39, 0.29) is 0 Å². The lowest BCUT2D eigenvalue weighted by atomic mass is 10.1. The molecule has 0 spiro atoms. The summed E-state index contributed by atoms with van der Waals surface area (Å²) in [7, 11) is 1.66. The summed E-state index contributed by atoms with van der Waals surface area (Å²) in [5.74, 6) is -0.394. The van der Waals surface area contributed by atoms with Crippen molar-refractivity contribution in [3.05, 3.63) is 39.1 Å². The highest BCUT2D eigenvalue weighted by atomic mass is 32.1. The number of fused-ring (bicyclic) bond motifs is 1. The first-order valence-electron chi connectivity index (χ1n) is 7.03. The molecule has 0 unspecified atom stereocenters. The van der Waals surface area contributed by atoms with Gasteiger partial charge >= 0.3 is 11.8 Å². The minimum absolute atomic E-state index is 0.312. The molecule has 3 aromatic rings. The van der Waals surface area contributed by atoms with E-state index in [1.165, 1.54) is 15.9 Å². The molecular weight excluding hydrogens is 318 g/mol. The van der Waals surface area contributed by atoms with Crippen molar-refractivity contribution in [2.75, 3.05) is 6.61 Å². The van der Waals surface area contributed by atoms with E-state index in [2.05, 4.69) is 10.3 Å². The van der Waals surface area contributed by atoms with Gasteiger partial charge in [-0.05, 0) is 19.1 Å². The highest BCUT2D eigenvalue weighted by Gasteiger charge is 2.10. The van der Waals surface area contributed by atoms with Crippen LogP contribution in [0.4, 0.5) is 4.79 Å². The van der Waals surface area contributed by atoms with Crippen molar-refractivity contribution in [3.63, 3.8) is 0 Å². The Morgan fingerprint density at radius 3 is 3.09 bits per heavy atom. The van der Waals surface area contributed by atoms with Gasteiger partial charge in [0.1, 0.15) is 5.01 Å². The number of oxazole rings is 1. The maximum Gasteiger partial charge on any atom is 0.419 e. The first-order chi connectivity index (χ1) is 11.1. The van der Waals surface area contributed by atoms with E-state index in [1.54, 1.807) is 20.0 Å². The summed E-state index contributed by atoms with van der Waals surface area (Å²) in [5.41, 5.74) is 2.88. The number of nitrogens with zero attached hydrogens (tertiary/aromatic N) is 2. The molecule has 0 radical (unpaired) electrons. The van der Waals surface area contributed by atoms with Gasteiger partial charge in [-0.25, -0.2) is 14.6 Å². The van der Waals surface area contributed by atoms with Gasteiger partial charge in [-0.1, -0.05) is 6.07 Å². The van der Waals surface area contributed by atoms with Gasteiger partial charge in [-0.2, -0.15) is 0 Å². The molecule has 120 valence electrons. The molecule has 0 atom stereocenters. The van der Waals surface area contributed by atoms with Crippen LogP contribution in [-0.2, 0) is 18.3 Å². The highest BCUT2D eigenvalue weighted by Crippen LogP contribution is 2.25. The predicted octanol–water partition coefficient (Wildman–Crippen LogP) is 2.50. The zero-order chi connectivity index (χ0) is 16.4. The van der Waals surface area contributed by atoms with Gasteiger partial charge in [0.05, 0.1) is 24.4 Å². The van der Waals surface area contributed by atoms with Gasteiger partial charge in [0.25, 0.3) is 0 Å². The minimum atomic E-state index is -0.461. The number of nitrogens with one attached hydrogen (secondary N) is 1. The molecule has 0 bridgehead atoms.